The molecule has 0 amide bonds. The zero-order valence-corrected chi connectivity index (χ0v) is 10.5. The van der Waals surface area contributed by atoms with E-state index >= 15 is 0 Å². The standard InChI is InChI=1S/C12H15NO3S/c1-12(7-17(14,15)8-12)16-11-3-2-9-5-13-6-10(9)4-11/h2-4,13H,5-8H2,1H3. The van der Waals surface area contributed by atoms with Gasteiger partial charge in [0.2, 0.25) is 0 Å². The molecule has 0 saturated carbocycles. The highest BCUT2D eigenvalue weighted by molar-refractivity contribution is 7.93. The van der Waals surface area contributed by atoms with Crippen LogP contribution in [0.3, 0.4) is 0 Å². The van der Waals surface area contributed by atoms with Crippen LogP contribution in [-0.2, 0) is 22.9 Å². The SMILES string of the molecule is CC1(Oc2ccc3c(c2)CNC3)CS(=O)(=O)C1. The molecule has 1 aromatic carbocycles. The lowest BCUT2D eigenvalue weighted by Crippen LogP contribution is -2.56. The van der Waals surface area contributed by atoms with Crippen molar-refractivity contribution in [2.75, 3.05) is 11.5 Å². The van der Waals surface area contributed by atoms with E-state index < -0.39 is 15.4 Å². The van der Waals surface area contributed by atoms with Crippen LogP contribution in [0.2, 0.25) is 0 Å². The fraction of sp³-hybridized carbons (Fsp3) is 0.500. The summed E-state index contributed by atoms with van der Waals surface area (Å²) in [5.74, 6) is 1.01. The first kappa shape index (κ1) is 11.0. The van der Waals surface area contributed by atoms with Gasteiger partial charge < -0.3 is 10.1 Å². The summed E-state index contributed by atoms with van der Waals surface area (Å²) in [6, 6.07) is 5.97. The minimum absolute atomic E-state index is 0.120. The van der Waals surface area contributed by atoms with Crippen molar-refractivity contribution in [3.05, 3.63) is 29.3 Å². The van der Waals surface area contributed by atoms with Crippen molar-refractivity contribution in [1.82, 2.24) is 5.32 Å². The second-order valence-corrected chi connectivity index (χ2v) is 7.18. The highest BCUT2D eigenvalue weighted by Crippen LogP contribution is 2.31. The Labute approximate surface area is 101 Å². The monoisotopic (exact) mass is 253 g/mol. The van der Waals surface area contributed by atoms with E-state index in [1.807, 2.05) is 25.1 Å². The molecule has 2 aliphatic heterocycles. The number of fused-ring (bicyclic) bond motifs is 1. The molecule has 0 aliphatic carbocycles. The van der Waals surface area contributed by atoms with Crippen LogP contribution in [0.5, 0.6) is 5.75 Å². The third-order valence-corrected chi connectivity index (χ3v) is 5.32. The lowest BCUT2D eigenvalue weighted by atomic mass is 10.1. The van der Waals surface area contributed by atoms with Crippen LogP contribution in [0, 0.1) is 0 Å². The number of benzene rings is 1. The van der Waals surface area contributed by atoms with E-state index in [0.29, 0.717) is 0 Å². The first-order valence-corrected chi connectivity index (χ1v) is 7.50. The predicted molar refractivity (Wildman–Crippen MR) is 64.7 cm³/mol. The Kier molecular flexibility index (Phi) is 2.25. The number of hydrogen-bond donors (Lipinski definition) is 1. The van der Waals surface area contributed by atoms with Gasteiger partial charge in [-0.2, -0.15) is 0 Å². The van der Waals surface area contributed by atoms with Crippen LogP contribution in [0.4, 0.5) is 0 Å². The Hall–Kier alpha value is -1.07. The number of rotatable bonds is 2. The second kappa shape index (κ2) is 3.46. The molecule has 0 spiro atoms. The van der Waals surface area contributed by atoms with Gasteiger partial charge in [-0.05, 0) is 30.2 Å². The average molecular weight is 253 g/mol. The Bertz CT molecular complexity index is 553. The molecule has 2 aliphatic rings. The zero-order valence-electron chi connectivity index (χ0n) is 9.69. The molecule has 5 heteroatoms. The molecule has 0 bridgehead atoms. The van der Waals surface area contributed by atoms with E-state index in [2.05, 4.69) is 5.32 Å². The Morgan fingerprint density at radius 3 is 2.65 bits per heavy atom. The molecule has 0 atom stereocenters. The van der Waals surface area contributed by atoms with Crippen molar-refractivity contribution < 1.29 is 13.2 Å². The van der Waals surface area contributed by atoms with Gasteiger partial charge in [-0.25, -0.2) is 8.42 Å². The number of ether oxygens (including phenoxy) is 1. The molecule has 0 unspecified atom stereocenters. The van der Waals surface area contributed by atoms with Crippen molar-refractivity contribution in [3.63, 3.8) is 0 Å². The smallest absolute Gasteiger partial charge is 0.158 e. The topological polar surface area (TPSA) is 55.4 Å². The first-order chi connectivity index (χ1) is 7.96. The van der Waals surface area contributed by atoms with Crippen LogP contribution in [-0.4, -0.2) is 25.5 Å². The maximum Gasteiger partial charge on any atom is 0.158 e. The number of sulfone groups is 1. The molecule has 1 aromatic rings. The molecule has 17 heavy (non-hydrogen) atoms. The zero-order chi connectivity index (χ0) is 12.1. The van der Waals surface area contributed by atoms with Crippen molar-refractivity contribution in [1.29, 1.82) is 0 Å². The van der Waals surface area contributed by atoms with E-state index in [4.69, 9.17) is 4.74 Å². The van der Waals surface area contributed by atoms with Gasteiger partial charge in [0, 0.05) is 13.1 Å². The van der Waals surface area contributed by atoms with E-state index in [1.54, 1.807) is 0 Å². The highest BCUT2D eigenvalue weighted by Gasteiger charge is 2.47. The largest absolute Gasteiger partial charge is 0.485 e. The molecular weight excluding hydrogens is 238 g/mol. The van der Waals surface area contributed by atoms with E-state index in [9.17, 15) is 8.42 Å². The maximum atomic E-state index is 11.2. The van der Waals surface area contributed by atoms with E-state index in [0.717, 1.165) is 18.8 Å². The molecule has 0 aromatic heterocycles. The molecule has 3 rings (SSSR count). The van der Waals surface area contributed by atoms with Gasteiger partial charge in [0.15, 0.2) is 9.84 Å². The normalized spacial score (nSPS) is 23.8. The molecule has 1 fully saturated rings. The van der Waals surface area contributed by atoms with Gasteiger partial charge in [0.1, 0.15) is 11.4 Å². The van der Waals surface area contributed by atoms with Crippen LogP contribution in [0.15, 0.2) is 18.2 Å². The third kappa shape index (κ3) is 2.05. The summed E-state index contributed by atoms with van der Waals surface area (Å²) in [5, 5.41) is 3.27. The van der Waals surface area contributed by atoms with Gasteiger partial charge >= 0.3 is 0 Å². The van der Waals surface area contributed by atoms with Crippen LogP contribution < -0.4 is 10.1 Å². The van der Waals surface area contributed by atoms with Gasteiger partial charge in [-0.15, -0.1) is 0 Å². The summed E-state index contributed by atoms with van der Waals surface area (Å²) in [6.45, 7) is 3.61. The fourth-order valence-corrected chi connectivity index (χ4v) is 4.46. The quantitative estimate of drug-likeness (QED) is 0.849. The summed E-state index contributed by atoms with van der Waals surface area (Å²) in [6.07, 6.45) is 0. The van der Waals surface area contributed by atoms with Crippen molar-refractivity contribution in [2.24, 2.45) is 0 Å². The number of hydrogen-bond acceptors (Lipinski definition) is 4. The Balaban J connectivity index is 1.78. The molecule has 1 N–H and O–H groups in total. The van der Waals surface area contributed by atoms with Crippen LogP contribution in [0.1, 0.15) is 18.1 Å². The summed E-state index contributed by atoms with van der Waals surface area (Å²) < 4.78 is 28.2. The fourth-order valence-electron chi connectivity index (χ4n) is 2.57. The van der Waals surface area contributed by atoms with Gasteiger partial charge in [0.25, 0.3) is 0 Å². The molecule has 2 heterocycles. The van der Waals surface area contributed by atoms with Crippen LogP contribution in [0.25, 0.3) is 0 Å². The first-order valence-electron chi connectivity index (χ1n) is 5.68. The van der Waals surface area contributed by atoms with Crippen LogP contribution >= 0.6 is 0 Å². The lowest BCUT2D eigenvalue weighted by Gasteiger charge is -2.37. The number of nitrogens with one attached hydrogen (secondary N) is 1. The molecule has 0 radical (unpaired) electrons. The Morgan fingerprint density at radius 2 is 1.94 bits per heavy atom. The second-order valence-electron chi connectivity index (χ2n) is 5.12. The summed E-state index contributed by atoms with van der Waals surface area (Å²) in [5.41, 5.74) is 2.00. The molecule has 1 saturated heterocycles. The minimum atomic E-state index is -2.86. The lowest BCUT2D eigenvalue weighted by molar-refractivity contribution is 0.120. The summed E-state index contributed by atoms with van der Waals surface area (Å²) in [4.78, 5) is 0. The average Bonchev–Trinajstić information content (AvgIpc) is 2.60. The van der Waals surface area contributed by atoms with Crippen molar-refractivity contribution >= 4 is 9.84 Å². The Morgan fingerprint density at radius 1 is 1.24 bits per heavy atom. The minimum Gasteiger partial charge on any atom is -0.485 e. The maximum absolute atomic E-state index is 11.2. The molecule has 92 valence electrons. The van der Waals surface area contributed by atoms with Gasteiger partial charge in [-0.3, -0.25) is 0 Å². The summed E-state index contributed by atoms with van der Waals surface area (Å²) in [7, 11) is -2.86. The molecule has 4 nitrogen and oxygen atoms in total. The predicted octanol–water partition coefficient (Wildman–Crippen LogP) is 0.856. The van der Waals surface area contributed by atoms with Gasteiger partial charge in [0.05, 0.1) is 11.5 Å². The van der Waals surface area contributed by atoms with E-state index in [1.165, 1.54) is 11.1 Å². The van der Waals surface area contributed by atoms with Crippen molar-refractivity contribution in [2.45, 2.75) is 25.6 Å². The highest BCUT2D eigenvalue weighted by atomic mass is 32.2. The summed E-state index contributed by atoms with van der Waals surface area (Å²) >= 11 is 0. The molecular formula is C12H15NO3S. The van der Waals surface area contributed by atoms with Crippen molar-refractivity contribution in [3.8, 4) is 5.75 Å². The third-order valence-electron chi connectivity index (χ3n) is 3.22. The van der Waals surface area contributed by atoms with E-state index in [-0.39, 0.29) is 11.5 Å². The van der Waals surface area contributed by atoms with Gasteiger partial charge in [-0.1, -0.05) is 6.07 Å².